The van der Waals surface area contributed by atoms with Crippen LogP contribution in [0.5, 0.6) is 0 Å². The highest BCUT2D eigenvalue weighted by Crippen LogP contribution is 2.23. The van der Waals surface area contributed by atoms with Crippen LogP contribution in [0.1, 0.15) is 118 Å². The van der Waals surface area contributed by atoms with Gasteiger partial charge in [0.2, 0.25) is 0 Å². The Kier molecular flexibility index (Phi) is 13.5. The molecule has 0 heterocycles. The smallest absolute Gasteiger partial charge is 0.306 e. The molecule has 0 aliphatic carbocycles. The van der Waals surface area contributed by atoms with E-state index in [0.29, 0.717) is 12.3 Å². The van der Waals surface area contributed by atoms with Crippen molar-refractivity contribution >= 4 is 5.97 Å². The molecule has 1 unspecified atom stereocenters. The third kappa shape index (κ3) is 16.1. The minimum absolute atomic E-state index is 0.0102. The monoisotopic (exact) mass is 326 g/mol. The highest BCUT2D eigenvalue weighted by atomic mass is 16.6. The standard InChI is InChI=1S/C21H42O2/c1-6-8-10-12-13-15-17-19(16-14-11-9-7-2)18-20(22)23-21(3,4)5/h19H,6-18H2,1-5H3. The summed E-state index contributed by atoms with van der Waals surface area (Å²) in [6.45, 7) is 10.4. The summed E-state index contributed by atoms with van der Waals surface area (Å²) in [5, 5.41) is 0. The SMILES string of the molecule is CCCCCCCCC(CCCCCC)CC(=O)OC(C)(C)C. The Morgan fingerprint density at radius 3 is 1.70 bits per heavy atom. The predicted octanol–water partition coefficient (Wildman–Crippen LogP) is 7.06. The highest BCUT2D eigenvalue weighted by Gasteiger charge is 2.20. The van der Waals surface area contributed by atoms with Gasteiger partial charge in [-0.05, 0) is 39.5 Å². The van der Waals surface area contributed by atoms with Gasteiger partial charge in [0.1, 0.15) is 5.60 Å². The molecule has 0 aliphatic heterocycles. The van der Waals surface area contributed by atoms with E-state index in [4.69, 9.17) is 4.74 Å². The second-order valence-electron chi connectivity index (χ2n) is 8.06. The zero-order valence-corrected chi connectivity index (χ0v) is 16.6. The molecule has 0 fully saturated rings. The number of ether oxygens (including phenoxy) is 1. The Hall–Kier alpha value is -0.530. The fourth-order valence-corrected chi connectivity index (χ4v) is 3.04. The van der Waals surface area contributed by atoms with Crippen LogP contribution in [0.2, 0.25) is 0 Å². The molecular weight excluding hydrogens is 284 g/mol. The summed E-state index contributed by atoms with van der Waals surface area (Å²) in [6, 6.07) is 0. The molecule has 2 heteroatoms. The van der Waals surface area contributed by atoms with E-state index in [0.717, 1.165) is 0 Å². The van der Waals surface area contributed by atoms with Crippen LogP contribution in [0.4, 0.5) is 0 Å². The van der Waals surface area contributed by atoms with E-state index in [9.17, 15) is 4.79 Å². The third-order valence-corrected chi connectivity index (χ3v) is 4.31. The Balaban J connectivity index is 4.09. The molecule has 138 valence electrons. The summed E-state index contributed by atoms with van der Waals surface area (Å²) in [5.74, 6) is 0.511. The molecule has 0 bridgehead atoms. The normalized spacial score (nSPS) is 13.1. The summed E-state index contributed by atoms with van der Waals surface area (Å²) in [4.78, 5) is 12.1. The van der Waals surface area contributed by atoms with Crippen LogP contribution in [-0.4, -0.2) is 11.6 Å². The van der Waals surface area contributed by atoms with E-state index in [1.165, 1.54) is 77.0 Å². The lowest BCUT2D eigenvalue weighted by Gasteiger charge is -2.22. The van der Waals surface area contributed by atoms with Crippen LogP contribution in [0.15, 0.2) is 0 Å². The maximum atomic E-state index is 12.1. The van der Waals surface area contributed by atoms with Crippen LogP contribution in [0.25, 0.3) is 0 Å². The molecule has 0 spiro atoms. The quantitative estimate of drug-likeness (QED) is 0.252. The molecule has 0 rings (SSSR count). The van der Waals surface area contributed by atoms with Gasteiger partial charge in [-0.25, -0.2) is 0 Å². The summed E-state index contributed by atoms with van der Waals surface area (Å²) in [6.07, 6.45) is 16.1. The minimum atomic E-state index is -0.357. The van der Waals surface area contributed by atoms with Crippen LogP contribution in [-0.2, 0) is 9.53 Å². The van der Waals surface area contributed by atoms with Gasteiger partial charge in [-0.2, -0.15) is 0 Å². The van der Waals surface area contributed by atoms with Crippen molar-refractivity contribution in [1.82, 2.24) is 0 Å². The van der Waals surface area contributed by atoms with Gasteiger partial charge in [-0.15, -0.1) is 0 Å². The number of hydrogen-bond acceptors (Lipinski definition) is 2. The predicted molar refractivity (Wildman–Crippen MR) is 101 cm³/mol. The van der Waals surface area contributed by atoms with Crippen LogP contribution < -0.4 is 0 Å². The number of esters is 1. The molecule has 0 saturated heterocycles. The van der Waals surface area contributed by atoms with E-state index in [2.05, 4.69) is 13.8 Å². The summed E-state index contributed by atoms with van der Waals surface area (Å²) in [7, 11) is 0. The molecule has 0 amide bonds. The number of rotatable bonds is 14. The van der Waals surface area contributed by atoms with Crippen molar-refractivity contribution in [3.8, 4) is 0 Å². The number of carbonyl (C=O) groups is 1. The van der Waals surface area contributed by atoms with Crippen molar-refractivity contribution in [2.45, 2.75) is 124 Å². The van der Waals surface area contributed by atoms with Crippen molar-refractivity contribution in [2.24, 2.45) is 5.92 Å². The van der Waals surface area contributed by atoms with Crippen LogP contribution in [0, 0.1) is 5.92 Å². The molecule has 0 aromatic carbocycles. The molecule has 0 radical (unpaired) electrons. The first-order chi connectivity index (χ1) is 10.9. The average molecular weight is 327 g/mol. The van der Waals surface area contributed by atoms with Crippen LogP contribution in [0.3, 0.4) is 0 Å². The van der Waals surface area contributed by atoms with Crippen molar-refractivity contribution < 1.29 is 9.53 Å². The Morgan fingerprint density at radius 1 is 0.783 bits per heavy atom. The first-order valence-electron chi connectivity index (χ1n) is 10.1. The van der Waals surface area contributed by atoms with E-state index in [1.54, 1.807) is 0 Å². The summed E-state index contributed by atoms with van der Waals surface area (Å²) in [5.41, 5.74) is -0.357. The lowest BCUT2D eigenvalue weighted by Crippen LogP contribution is -2.25. The first-order valence-corrected chi connectivity index (χ1v) is 10.1. The van der Waals surface area contributed by atoms with Crippen molar-refractivity contribution in [2.75, 3.05) is 0 Å². The molecule has 0 saturated carbocycles. The van der Waals surface area contributed by atoms with Crippen LogP contribution >= 0.6 is 0 Å². The maximum absolute atomic E-state index is 12.1. The van der Waals surface area contributed by atoms with Gasteiger partial charge in [-0.3, -0.25) is 4.79 Å². The fourth-order valence-electron chi connectivity index (χ4n) is 3.04. The molecule has 2 nitrogen and oxygen atoms in total. The van der Waals surface area contributed by atoms with Gasteiger partial charge < -0.3 is 4.74 Å². The van der Waals surface area contributed by atoms with E-state index in [-0.39, 0.29) is 11.6 Å². The van der Waals surface area contributed by atoms with E-state index < -0.39 is 0 Å². The first kappa shape index (κ1) is 22.5. The molecule has 0 aromatic heterocycles. The topological polar surface area (TPSA) is 26.3 Å². The van der Waals surface area contributed by atoms with Crippen molar-refractivity contribution in [3.05, 3.63) is 0 Å². The van der Waals surface area contributed by atoms with Crippen molar-refractivity contribution in [1.29, 1.82) is 0 Å². The van der Waals surface area contributed by atoms with E-state index >= 15 is 0 Å². The van der Waals surface area contributed by atoms with E-state index in [1.807, 2.05) is 20.8 Å². The van der Waals surface area contributed by atoms with Gasteiger partial charge in [0.15, 0.2) is 0 Å². The maximum Gasteiger partial charge on any atom is 0.306 e. The zero-order chi connectivity index (χ0) is 17.6. The second-order valence-corrected chi connectivity index (χ2v) is 8.06. The molecule has 1 atom stereocenters. The van der Waals surface area contributed by atoms with Gasteiger partial charge in [-0.1, -0.05) is 78.1 Å². The Labute approximate surface area is 145 Å². The molecule has 23 heavy (non-hydrogen) atoms. The highest BCUT2D eigenvalue weighted by molar-refractivity contribution is 5.70. The second kappa shape index (κ2) is 13.9. The fraction of sp³-hybridized carbons (Fsp3) is 0.952. The minimum Gasteiger partial charge on any atom is -0.460 e. The largest absolute Gasteiger partial charge is 0.460 e. The summed E-state index contributed by atoms with van der Waals surface area (Å²) < 4.78 is 5.52. The lowest BCUT2D eigenvalue weighted by atomic mass is 9.91. The lowest BCUT2D eigenvalue weighted by molar-refractivity contribution is -0.156. The molecule has 0 N–H and O–H groups in total. The Morgan fingerprint density at radius 2 is 1.22 bits per heavy atom. The average Bonchev–Trinajstić information content (AvgIpc) is 2.44. The molecule has 0 aliphatic rings. The third-order valence-electron chi connectivity index (χ3n) is 4.31. The van der Waals surface area contributed by atoms with Gasteiger partial charge in [0.05, 0.1) is 0 Å². The molecular formula is C21H42O2. The van der Waals surface area contributed by atoms with Crippen molar-refractivity contribution in [3.63, 3.8) is 0 Å². The zero-order valence-electron chi connectivity index (χ0n) is 16.6. The van der Waals surface area contributed by atoms with Gasteiger partial charge in [0, 0.05) is 6.42 Å². The molecule has 0 aromatic rings. The number of unbranched alkanes of at least 4 members (excludes halogenated alkanes) is 8. The number of hydrogen-bond donors (Lipinski definition) is 0. The van der Waals surface area contributed by atoms with Gasteiger partial charge >= 0.3 is 5.97 Å². The summed E-state index contributed by atoms with van der Waals surface area (Å²) >= 11 is 0. The van der Waals surface area contributed by atoms with Gasteiger partial charge in [0.25, 0.3) is 0 Å². The number of carbonyl (C=O) groups excluding carboxylic acids is 1. The Bertz CT molecular complexity index is 278.